The lowest BCUT2D eigenvalue weighted by molar-refractivity contribution is -0.143. The first-order valence-corrected chi connectivity index (χ1v) is 8.72. The van der Waals surface area contributed by atoms with Crippen molar-refractivity contribution in [2.45, 2.75) is 40.0 Å². The smallest absolute Gasteiger partial charge is 0.314 e. The standard InChI is InChI=1S/C19H27NO4/c1-4-23-16-5-7-17(8-6-16)24-19(22)15-9-11-20(12-10-15)18(21)13-14(2)3/h5-8,14-15H,4,9-13H2,1-3H3. The van der Waals surface area contributed by atoms with Gasteiger partial charge in [0.2, 0.25) is 5.91 Å². The zero-order chi connectivity index (χ0) is 17.5. The number of nitrogens with zero attached hydrogens (tertiary/aromatic N) is 1. The molecule has 0 aromatic heterocycles. The summed E-state index contributed by atoms with van der Waals surface area (Å²) >= 11 is 0. The number of piperidine rings is 1. The van der Waals surface area contributed by atoms with Crippen LogP contribution in [0.15, 0.2) is 24.3 Å². The van der Waals surface area contributed by atoms with E-state index in [1.54, 1.807) is 24.3 Å². The molecule has 1 amide bonds. The summed E-state index contributed by atoms with van der Waals surface area (Å²) in [6.45, 7) is 7.88. The minimum atomic E-state index is -0.213. The molecule has 132 valence electrons. The lowest BCUT2D eigenvalue weighted by Crippen LogP contribution is -2.41. The van der Waals surface area contributed by atoms with Crippen LogP contribution in [0.1, 0.15) is 40.0 Å². The van der Waals surface area contributed by atoms with E-state index >= 15 is 0 Å². The van der Waals surface area contributed by atoms with Crippen LogP contribution in [0.4, 0.5) is 0 Å². The van der Waals surface area contributed by atoms with E-state index in [0.29, 0.717) is 50.6 Å². The van der Waals surface area contributed by atoms with Crippen LogP contribution in [0, 0.1) is 11.8 Å². The fourth-order valence-corrected chi connectivity index (χ4v) is 2.81. The number of ether oxygens (including phenoxy) is 2. The first kappa shape index (κ1) is 18.3. The molecule has 1 aromatic rings. The Morgan fingerprint density at radius 1 is 1.12 bits per heavy atom. The van der Waals surface area contributed by atoms with Gasteiger partial charge in [-0.15, -0.1) is 0 Å². The number of carbonyl (C=O) groups excluding carboxylic acids is 2. The normalized spacial score (nSPS) is 15.4. The number of carbonyl (C=O) groups is 2. The third-order valence-electron chi connectivity index (χ3n) is 4.12. The Kier molecular flexibility index (Phi) is 6.64. The van der Waals surface area contributed by atoms with Crippen LogP contribution in [-0.4, -0.2) is 36.5 Å². The monoisotopic (exact) mass is 333 g/mol. The number of amides is 1. The number of esters is 1. The lowest BCUT2D eigenvalue weighted by Gasteiger charge is -2.31. The van der Waals surface area contributed by atoms with Gasteiger partial charge in [-0.3, -0.25) is 9.59 Å². The van der Waals surface area contributed by atoms with Gasteiger partial charge >= 0.3 is 5.97 Å². The molecule has 1 fully saturated rings. The summed E-state index contributed by atoms with van der Waals surface area (Å²) in [6, 6.07) is 7.06. The molecule has 1 aliphatic heterocycles. The Bertz CT molecular complexity index is 545. The van der Waals surface area contributed by atoms with Gasteiger partial charge in [-0.1, -0.05) is 13.8 Å². The van der Waals surface area contributed by atoms with Gasteiger partial charge in [-0.25, -0.2) is 0 Å². The molecular formula is C19H27NO4. The van der Waals surface area contributed by atoms with Crippen molar-refractivity contribution in [3.8, 4) is 11.5 Å². The maximum Gasteiger partial charge on any atom is 0.314 e. The van der Waals surface area contributed by atoms with Crippen LogP contribution in [0.3, 0.4) is 0 Å². The molecule has 0 aliphatic carbocycles. The molecule has 1 aromatic carbocycles. The number of hydrogen-bond acceptors (Lipinski definition) is 4. The first-order chi connectivity index (χ1) is 11.5. The summed E-state index contributed by atoms with van der Waals surface area (Å²) in [5, 5.41) is 0. The quantitative estimate of drug-likeness (QED) is 0.592. The molecule has 5 heteroatoms. The van der Waals surface area contributed by atoms with Crippen molar-refractivity contribution in [1.29, 1.82) is 0 Å². The lowest BCUT2D eigenvalue weighted by atomic mass is 9.96. The van der Waals surface area contributed by atoms with E-state index < -0.39 is 0 Å². The molecule has 0 radical (unpaired) electrons. The number of benzene rings is 1. The second kappa shape index (κ2) is 8.71. The Morgan fingerprint density at radius 2 is 1.71 bits per heavy atom. The number of hydrogen-bond donors (Lipinski definition) is 0. The van der Waals surface area contributed by atoms with Gasteiger partial charge in [0.25, 0.3) is 0 Å². The number of rotatable bonds is 6. The van der Waals surface area contributed by atoms with Crippen molar-refractivity contribution in [2.75, 3.05) is 19.7 Å². The van der Waals surface area contributed by atoms with Crippen molar-refractivity contribution >= 4 is 11.9 Å². The summed E-state index contributed by atoms with van der Waals surface area (Å²) in [5.74, 6) is 1.48. The SMILES string of the molecule is CCOc1ccc(OC(=O)C2CCN(C(=O)CC(C)C)CC2)cc1. The highest BCUT2D eigenvalue weighted by Gasteiger charge is 2.28. The van der Waals surface area contributed by atoms with Crippen molar-refractivity contribution in [1.82, 2.24) is 4.90 Å². The summed E-state index contributed by atoms with van der Waals surface area (Å²) < 4.78 is 10.8. The van der Waals surface area contributed by atoms with Crippen LogP contribution in [0.5, 0.6) is 11.5 Å². The van der Waals surface area contributed by atoms with E-state index in [9.17, 15) is 9.59 Å². The Labute approximate surface area is 143 Å². The average Bonchev–Trinajstić information content (AvgIpc) is 2.56. The first-order valence-electron chi connectivity index (χ1n) is 8.72. The van der Waals surface area contributed by atoms with Gasteiger partial charge in [0.1, 0.15) is 11.5 Å². The van der Waals surface area contributed by atoms with Gasteiger partial charge in [0.05, 0.1) is 12.5 Å². The van der Waals surface area contributed by atoms with E-state index in [-0.39, 0.29) is 17.8 Å². The highest BCUT2D eigenvalue weighted by atomic mass is 16.5. The molecule has 1 saturated heterocycles. The zero-order valence-corrected chi connectivity index (χ0v) is 14.8. The average molecular weight is 333 g/mol. The molecule has 0 N–H and O–H groups in total. The van der Waals surface area contributed by atoms with Crippen LogP contribution in [0.2, 0.25) is 0 Å². The van der Waals surface area contributed by atoms with Gasteiger partial charge in [0, 0.05) is 19.5 Å². The third-order valence-corrected chi connectivity index (χ3v) is 4.12. The maximum absolute atomic E-state index is 12.3. The van der Waals surface area contributed by atoms with Gasteiger partial charge in [-0.05, 0) is 49.9 Å². The molecule has 0 unspecified atom stereocenters. The minimum absolute atomic E-state index is 0.139. The molecule has 24 heavy (non-hydrogen) atoms. The van der Waals surface area contributed by atoms with Crippen molar-refractivity contribution in [3.05, 3.63) is 24.3 Å². The molecule has 2 rings (SSSR count). The molecule has 0 atom stereocenters. The van der Waals surface area contributed by atoms with Crippen LogP contribution < -0.4 is 9.47 Å². The van der Waals surface area contributed by atoms with Gasteiger partial charge < -0.3 is 14.4 Å². The molecule has 0 bridgehead atoms. The van der Waals surface area contributed by atoms with E-state index in [1.807, 2.05) is 25.7 Å². The molecule has 0 saturated carbocycles. The summed E-state index contributed by atoms with van der Waals surface area (Å²) in [4.78, 5) is 26.2. The topological polar surface area (TPSA) is 55.8 Å². The van der Waals surface area contributed by atoms with E-state index in [2.05, 4.69) is 0 Å². The second-order valence-electron chi connectivity index (χ2n) is 6.58. The van der Waals surface area contributed by atoms with Crippen LogP contribution in [-0.2, 0) is 9.59 Å². The highest BCUT2D eigenvalue weighted by molar-refractivity contribution is 5.78. The van der Waals surface area contributed by atoms with Gasteiger partial charge in [0.15, 0.2) is 0 Å². The van der Waals surface area contributed by atoms with Crippen molar-refractivity contribution in [3.63, 3.8) is 0 Å². The highest BCUT2D eigenvalue weighted by Crippen LogP contribution is 2.23. The predicted molar refractivity (Wildman–Crippen MR) is 92.0 cm³/mol. The largest absolute Gasteiger partial charge is 0.494 e. The minimum Gasteiger partial charge on any atom is -0.494 e. The van der Waals surface area contributed by atoms with Crippen molar-refractivity contribution < 1.29 is 19.1 Å². The van der Waals surface area contributed by atoms with E-state index in [4.69, 9.17) is 9.47 Å². The Hall–Kier alpha value is -2.04. The molecule has 1 aliphatic rings. The molecule has 5 nitrogen and oxygen atoms in total. The molecular weight excluding hydrogens is 306 g/mol. The van der Waals surface area contributed by atoms with Crippen LogP contribution in [0.25, 0.3) is 0 Å². The maximum atomic E-state index is 12.3. The fourth-order valence-electron chi connectivity index (χ4n) is 2.81. The fraction of sp³-hybridized carbons (Fsp3) is 0.579. The van der Waals surface area contributed by atoms with Crippen LogP contribution >= 0.6 is 0 Å². The van der Waals surface area contributed by atoms with E-state index in [1.165, 1.54) is 0 Å². The second-order valence-corrected chi connectivity index (χ2v) is 6.58. The zero-order valence-electron chi connectivity index (χ0n) is 14.8. The number of likely N-dealkylation sites (tertiary alicyclic amines) is 1. The molecule has 0 spiro atoms. The Morgan fingerprint density at radius 3 is 2.25 bits per heavy atom. The third kappa shape index (κ3) is 5.25. The molecule has 1 heterocycles. The predicted octanol–water partition coefficient (Wildman–Crippen LogP) is 3.28. The Balaban J connectivity index is 1.81. The summed E-state index contributed by atoms with van der Waals surface area (Å²) in [7, 11) is 0. The summed E-state index contributed by atoms with van der Waals surface area (Å²) in [6.07, 6.45) is 1.90. The van der Waals surface area contributed by atoms with Crippen molar-refractivity contribution in [2.24, 2.45) is 11.8 Å². The summed E-state index contributed by atoms with van der Waals surface area (Å²) in [5.41, 5.74) is 0. The van der Waals surface area contributed by atoms with Gasteiger partial charge in [-0.2, -0.15) is 0 Å². The van der Waals surface area contributed by atoms with E-state index in [0.717, 1.165) is 5.75 Å².